The number of benzene rings is 1. The smallest absolute Gasteiger partial charge is 0.309 e. The fourth-order valence-corrected chi connectivity index (χ4v) is 1.62. The average molecular weight is 210 g/mol. The highest BCUT2D eigenvalue weighted by Gasteiger charge is 1.96. The van der Waals surface area contributed by atoms with Gasteiger partial charge in [-0.3, -0.25) is 0 Å². The highest BCUT2D eigenvalue weighted by Crippen LogP contribution is 2.22. The molecule has 0 spiro atoms. The molecule has 0 saturated carbocycles. The van der Waals surface area contributed by atoms with Gasteiger partial charge in [-0.25, -0.2) is 9.78 Å². The van der Waals surface area contributed by atoms with E-state index >= 15 is 0 Å². The monoisotopic (exact) mass is 210 g/mol. The molecule has 0 atom stereocenters. The molecular formula is C8H10N4OS. The summed E-state index contributed by atoms with van der Waals surface area (Å²) in [6.45, 7) is 0. The third kappa shape index (κ3) is 2.91. The minimum absolute atomic E-state index is 0.640. The van der Waals surface area contributed by atoms with Crippen LogP contribution in [0.25, 0.3) is 10.2 Å². The molecule has 74 valence electrons. The second-order valence-electron chi connectivity index (χ2n) is 2.42. The number of nitrogen functional groups attached to an aromatic ring is 1. The number of primary amides is 2. The third-order valence-corrected chi connectivity index (χ3v) is 2.18. The van der Waals surface area contributed by atoms with Gasteiger partial charge in [0, 0.05) is 0 Å². The lowest BCUT2D eigenvalue weighted by molar-refractivity contribution is 0.256. The van der Waals surface area contributed by atoms with E-state index in [2.05, 4.69) is 16.5 Å². The lowest BCUT2D eigenvalue weighted by atomic mass is 10.3. The third-order valence-electron chi connectivity index (χ3n) is 1.31. The van der Waals surface area contributed by atoms with Gasteiger partial charge in [0.05, 0.1) is 10.2 Å². The van der Waals surface area contributed by atoms with Crippen LogP contribution < -0.4 is 17.2 Å². The molecule has 2 amide bonds. The zero-order chi connectivity index (χ0) is 10.6. The summed E-state index contributed by atoms with van der Waals surface area (Å²) >= 11 is 1.52. The molecule has 0 fully saturated rings. The van der Waals surface area contributed by atoms with Crippen LogP contribution in [0.1, 0.15) is 0 Å². The SMILES string of the molecule is NC(N)=O.Nc1nc2ccccc2s1. The highest BCUT2D eigenvalue weighted by molar-refractivity contribution is 7.22. The summed E-state index contributed by atoms with van der Waals surface area (Å²) in [6.07, 6.45) is 0. The molecule has 0 bridgehead atoms. The number of carbonyl (C=O) groups is 1. The number of anilines is 1. The number of amides is 2. The number of nitrogens with two attached hydrogens (primary N) is 3. The molecule has 0 saturated heterocycles. The Morgan fingerprint density at radius 2 is 1.86 bits per heavy atom. The van der Waals surface area contributed by atoms with Crippen LogP contribution in [0.2, 0.25) is 0 Å². The van der Waals surface area contributed by atoms with Gasteiger partial charge < -0.3 is 17.2 Å². The number of para-hydroxylation sites is 1. The molecule has 14 heavy (non-hydrogen) atoms. The van der Waals surface area contributed by atoms with Crippen molar-refractivity contribution in [1.82, 2.24) is 4.98 Å². The molecule has 0 radical (unpaired) electrons. The molecule has 0 aliphatic heterocycles. The summed E-state index contributed by atoms with van der Waals surface area (Å²) in [6, 6.07) is 7.09. The minimum atomic E-state index is -0.833. The quantitative estimate of drug-likeness (QED) is 0.601. The number of hydrogen-bond acceptors (Lipinski definition) is 4. The van der Waals surface area contributed by atoms with E-state index in [1.54, 1.807) is 0 Å². The Hall–Kier alpha value is -1.82. The lowest BCUT2D eigenvalue weighted by Crippen LogP contribution is -2.18. The molecular weight excluding hydrogens is 200 g/mol. The zero-order valence-corrected chi connectivity index (χ0v) is 8.12. The summed E-state index contributed by atoms with van der Waals surface area (Å²) in [5.74, 6) is 0. The number of aromatic nitrogens is 1. The van der Waals surface area contributed by atoms with Gasteiger partial charge in [-0.1, -0.05) is 23.5 Å². The van der Waals surface area contributed by atoms with Gasteiger partial charge in [0.2, 0.25) is 0 Å². The van der Waals surface area contributed by atoms with Crippen LogP contribution in [0.4, 0.5) is 9.93 Å². The summed E-state index contributed by atoms with van der Waals surface area (Å²) in [5.41, 5.74) is 15.0. The number of rotatable bonds is 0. The molecule has 0 unspecified atom stereocenters. The van der Waals surface area contributed by atoms with E-state index in [9.17, 15) is 0 Å². The molecule has 1 aromatic heterocycles. The van der Waals surface area contributed by atoms with Crippen LogP contribution in [-0.2, 0) is 0 Å². The van der Waals surface area contributed by atoms with Crippen molar-refractivity contribution in [2.75, 3.05) is 5.73 Å². The fraction of sp³-hybridized carbons (Fsp3) is 0. The number of urea groups is 1. The molecule has 1 heterocycles. The Balaban J connectivity index is 0.000000213. The van der Waals surface area contributed by atoms with E-state index < -0.39 is 6.03 Å². The average Bonchev–Trinajstić information content (AvgIpc) is 2.42. The first-order valence-corrected chi connectivity index (χ1v) is 4.57. The van der Waals surface area contributed by atoms with Crippen molar-refractivity contribution in [3.8, 4) is 0 Å². The van der Waals surface area contributed by atoms with Gasteiger partial charge >= 0.3 is 6.03 Å². The second kappa shape index (κ2) is 4.43. The van der Waals surface area contributed by atoms with Crippen LogP contribution >= 0.6 is 11.3 Å². The van der Waals surface area contributed by atoms with Crippen LogP contribution in [0.15, 0.2) is 24.3 Å². The maximum absolute atomic E-state index is 9.00. The summed E-state index contributed by atoms with van der Waals surface area (Å²) < 4.78 is 1.15. The number of carbonyl (C=O) groups excluding carboxylic acids is 1. The summed E-state index contributed by atoms with van der Waals surface area (Å²) in [4.78, 5) is 13.1. The Bertz CT molecular complexity index is 403. The van der Waals surface area contributed by atoms with E-state index in [0.717, 1.165) is 10.2 Å². The van der Waals surface area contributed by atoms with Crippen molar-refractivity contribution >= 4 is 32.7 Å². The normalized spacial score (nSPS) is 9.14. The molecule has 6 heteroatoms. The van der Waals surface area contributed by atoms with Gasteiger partial charge in [0.15, 0.2) is 5.13 Å². The Labute approximate surface area is 84.5 Å². The summed E-state index contributed by atoms with van der Waals surface area (Å²) in [7, 11) is 0. The summed E-state index contributed by atoms with van der Waals surface area (Å²) in [5, 5.41) is 0.640. The maximum Gasteiger partial charge on any atom is 0.309 e. The van der Waals surface area contributed by atoms with Crippen LogP contribution in [-0.4, -0.2) is 11.0 Å². The highest BCUT2D eigenvalue weighted by atomic mass is 32.1. The van der Waals surface area contributed by atoms with E-state index in [4.69, 9.17) is 10.5 Å². The predicted octanol–water partition coefficient (Wildman–Crippen LogP) is 0.902. The van der Waals surface area contributed by atoms with Gasteiger partial charge in [-0.15, -0.1) is 0 Å². The topological polar surface area (TPSA) is 108 Å². The molecule has 6 N–H and O–H groups in total. The number of nitrogens with zero attached hydrogens (tertiary/aromatic N) is 1. The standard InChI is InChI=1S/C7H6N2S.CH4N2O/c8-7-9-5-3-1-2-4-6(5)10-7;2-1(3)4/h1-4H,(H2,8,9);(H4,2,3,4). The van der Waals surface area contributed by atoms with Crippen LogP contribution in [0.5, 0.6) is 0 Å². The molecule has 2 aromatic rings. The van der Waals surface area contributed by atoms with Crippen molar-refractivity contribution in [3.05, 3.63) is 24.3 Å². The van der Waals surface area contributed by atoms with Gasteiger partial charge in [-0.05, 0) is 12.1 Å². The van der Waals surface area contributed by atoms with E-state index in [1.807, 2.05) is 24.3 Å². The number of thiazole rings is 1. The van der Waals surface area contributed by atoms with Crippen molar-refractivity contribution in [1.29, 1.82) is 0 Å². The van der Waals surface area contributed by atoms with Crippen LogP contribution in [0.3, 0.4) is 0 Å². The Morgan fingerprint density at radius 1 is 1.29 bits per heavy atom. The van der Waals surface area contributed by atoms with Crippen molar-refractivity contribution < 1.29 is 4.79 Å². The fourth-order valence-electron chi connectivity index (χ4n) is 0.890. The first-order chi connectivity index (χ1) is 6.59. The van der Waals surface area contributed by atoms with Gasteiger partial charge in [-0.2, -0.15) is 0 Å². The van der Waals surface area contributed by atoms with Crippen molar-refractivity contribution in [2.45, 2.75) is 0 Å². The number of fused-ring (bicyclic) bond motifs is 1. The minimum Gasteiger partial charge on any atom is -0.375 e. The van der Waals surface area contributed by atoms with Crippen molar-refractivity contribution in [3.63, 3.8) is 0 Å². The van der Waals surface area contributed by atoms with Gasteiger partial charge in [0.1, 0.15) is 0 Å². The molecule has 1 aromatic carbocycles. The second-order valence-corrected chi connectivity index (χ2v) is 3.48. The van der Waals surface area contributed by atoms with Gasteiger partial charge in [0.25, 0.3) is 0 Å². The van der Waals surface area contributed by atoms with E-state index in [-0.39, 0.29) is 0 Å². The van der Waals surface area contributed by atoms with E-state index in [1.165, 1.54) is 11.3 Å². The molecule has 2 rings (SSSR count). The molecule has 0 aliphatic rings. The van der Waals surface area contributed by atoms with Crippen molar-refractivity contribution in [2.24, 2.45) is 11.5 Å². The first-order valence-electron chi connectivity index (χ1n) is 3.75. The molecule has 0 aliphatic carbocycles. The number of hydrogen-bond donors (Lipinski definition) is 3. The van der Waals surface area contributed by atoms with E-state index in [0.29, 0.717) is 5.13 Å². The predicted molar refractivity (Wildman–Crippen MR) is 57.8 cm³/mol. The Morgan fingerprint density at radius 3 is 2.43 bits per heavy atom. The first kappa shape index (κ1) is 10.3. The lowest BCUT2D eigenvalue weighted by Gasteiger charge is -1.80. The van der Waals surface area contributed by atoms with Crippen LogP contribution in [0, 0.1) is 0 Å². The molecule has 5 nitrogen and oxygen atoms in total. The maximum atomic E-state index is 9.00. The zero-order valence-electron chi connectivity index (χ0n) is 7.31. The Kier molecular flexibility index (Phi) is 3.24. The largest absolute Gasteiger partial charge is 0.375 e.